The highest BCUT2D eigenvalue weighted by molar-refractivity contribution is 5.83. The summed E-state index contributed by atoms with van der Waals surface area (Å²) < 4.78 is 6.02. The lowest BCUT2D eigenvalue weighted by Crippen LogP contribution is -1.96. The monoisotopic (exact) mass is 501 g/mol. The highest BCUT2D eigenvalue weighted by Crippen LogP contribution is 2.32. The fraction of sp³-hybridized carbons (Fsp3) is 0. The van der Waals surface area contributed by atoms with Crippen molar-refractivity contribution >= 4 is 11.1 Å². The Balaban J connectivity index is 1.31. The summed E-state index contributed by atoms with van der Waals surface area (Å²) in [6.45, 7) is 0. The van der Waals surface area contributed by atoms with Crippen LogP contribution < -0.4 is 0 Å². The van der Waals surface area contributed by atoms with E-state index < -0.39 is 0 Å². The van der Waals surface area contributed by atoms with Gasteiger partial charge < -0.3 is 4.42 Å². The lowest BCUT2D eigenvalue weighted by Gasteiger charge is -2.10. The molecule has 0 radical (unpaired) electrons. The Labute approximate surface area is 226 Å². The second-order valence-electron chi connectivity index (χ2n) is 9.34. The van der Waals surface area contributed by atoms with Crippen molar-refractivity contribution in [3.63, 3.8) is 0 Å². The zero-order valence-corrected chi connectivity index (χ0v) is 21.0. The first-order chi connectivity index (χ1) is 19.3. The van der Waals surface area contributed by atoms with Gasteiger partial charge >= 0.3 is 0 Å². The summed E-state index contributed by atoms with van der Waals surface area (Å²) in [5.41, 5.74) is 9.51. The second-order valence-corrected chi connectivity index (χ2v) is 9.34. The Morgan fingerprint density at radius 3 is 1.56 bits per heavy atom. The number of aromatic nitrogens is 3. The minimum absolute atomic E-state index is 0.621. The summed E-state index contributed by atoms with van der Waals surface area (Å²) >= 11 is 0. The normalized spacial score (nSPS) is 11.1. The molecular formula is C35H23N3O. The summed E-state index contributed by atoms with van der Waals surface area (Å²) in [7, 11) is 0. The summed E-state index contributed by atoms with van der Waals surface area (Å²) in [5.74, 6) is 1.31. The van der Waals surface area contributed by atoms with Crippen LogP contribution in [0.25, 0.3) is 67.6 Å². The molecule has 0 spiro atoms. The fourth-order valence-electron chi connectivity index (χ4n) is 4.74. The minimum atomic E-state index is 0.621. The molecule has 0 saturated carbocycles. The van der Waals surface area contributed by atoms with Crippen molar-refractivity contribution in [3.05, 3.63) is 140 Å². The molecule has 0 aliphatic heterocycles. The maximum Gasteiger partial charge on any atom is 0.227 e. The largest absolute Gasteiger partial charge is 0.436 e. The number of hydrogen-bond donors (Lipinski definition) is 0. The molecule has 0 saturated heterocycles. The SMILES string of the molecule is c1ccc(-c2cc(-c3ccccc3)nc(-c3cccc(-c4ccc5oc(-c6ccccc6)nc5c4)c3)n2)cc1. The van der Waals surface area contributed by atoms with Gasteiger partial charge in [0.2, 0.25) is 5.89 Å². The average Bonchev–Trinajstić information content (AvgIpc) is 3.46. The highest BCUT2D eigenvalue weighted by atomic mass is 16.3. The molecule has 0 bridgehead atoms. The first-order valence-corrected chi connectivity index (χ1v) is 12.9. The number of hydrogen-bond acceptors (Lipinski definition) is 4. The third-order valence-corrected chi connectivity index (χ3v) is 6.73. The number of oxazole rings is 1. The van der Waals surface area contributed by atoms with Crippen molar-refractivity contribution in [3.8, 4) is 56.5 Å². The molecule has 4 nitrogen and oxygen atoms in total. The van der Waals surface area contributed by atoms with Gasteiger partial charge in [0, 0.05) is 22.3 Å². The van der Waals surface area contributed by atoms with Crippen LogP contribution in [0.3, 0.4) is 0 Å². The molecule has 39 heavy (non-hydrogen) atoms. The Hall–Kier alpha value is -5.35. The van der Waals surface area contributed by atoms with Gasteiger partial charge in [-0.1, -0.05) is 103 Å². The molecule has 7 aromatic rings. The van der Waals surface area contributed by atoms with Crippen LogP contribution in [-0.4, -0.2) is 15.0 Å². The lowest BCUT2D eigenvalue weighted by molar-refractivity contribution is 0.620. The molecule has 2 heterocycles. The first-order valence-electron chi connectivity index (χ1n) is 12.9. The molecule has 0 aliphatic rings. The Morgan fingerprint density at radius 2 is 0.923 bits per heavy atom. The minimum Gasteiger partial charge on any atom is -0.436 e. The predicted octanol–water partition coefficient (Wildman–Crippen LogP) is 8.95. The van der Waals surface area contributed by atoms with E-state index in [0.717, 1.165) is 55.9 Å². The smallest absolute Gasteiger partial charge is 0.227 e. The Bertz CT molecular complexity index is 1840. The van der Waals surface area contributed by atoms with Crippen LogP contribution in [-0.2, 0) is 0 Å². The highest BCUT2D eigenvalue weighted by Gasteiger charge is 2.13. The Kier molecular flexibility index (Phi) is 5.76. The van der Waals surface area contributed by atoms with Crippen molar-refractivity contribution in [2.75, 3.05) is 0 Å². The predicted molar refractivity (Wildman–Crippen MR) is 157 cm³/mol. The number of benzene rings is 5. The third kappa shape index (κ3) is 4.60. The van der Waals surface area contributed by atoms with Crippen LogP contribution >= 0.6 is 0 Å². The molecule has 0 aliphatic carbocycles. The molecule has 0 unspecified atom stereocenters. The molecular weight excluding hydrogens is 478 g/mol. The van der Waals surface area contributed by atoms with Crippen molar-refractivity contribution in [2.24, 2.45) is 0 Å². The van der Waals surface area contributed by atoms with Crippen molar-refractivity contribution < 1.29 is 4.42 Å². The number of fused-ring (bicyclic) bond motifs is 1. The van der Waals surface area contributed by atoms with Gasteiger partial charge in [0.25, 0.3) is 0 Å². The Morgan fingerprint density at radius 1 is 0.385 bits per heavy atom. The first kappa shape index (κ1) is 22.8. The third-order valence-electron chi connectivity index (χ3n) is 6.73. The average molecular weight is 502 g/mol. The fourth-order valence-corrected chi connectivity index (χ4v) is 4.74. The topological polar surface area (TPSA) is 51.8 Å². The van der Waals surface area contributed by atoms with Crippen molar-refractivity contribution in [1.29, 1.82) is 0 Å². The van der Waals surface area contributed by atoms with E-state index in [1.54, 1.807) is 0 Å². The second kappa shape index (κ2) is 9.84. The van der Waals surface area contributed by atoms with E-state index in [9.17, 15) is 0 Å². The lowest BCUT2D eigenvalue weighted by atomic mass is 10.0. The quantitative estimate of drug-likeness (QED) is 0.236. The zero-order chi connectivity index (χ0) is 26.0. The van der Waals surface area contributed by atoms with E-state index >= 15 is 0 Å². The van der Waals surface area contributed by atoms with E-state index in [1.165, 1.54) is 0 Å². The maximum absolute atomic E-state index is 6.02. The van der Waals surface area contributed by atoms with Gasteiger partial charge in [-0.3, -0.25) is 0 Å². The summed E-state index contributed by atoms with van der Waals surface area (Å²) in [5, 5.41) is 0. The molecule has 0 amide bonds. The van der Waals surface area contributed by atoms with Crippen LogP contribution in [0.2, 0.25) is 0 Å². The van der Waals surface area contributed by atoms with Crippen LogP contribution in [0.5, 0.6) is 0 Å². The van der Waals surface area contributed by atoms with E-state index in [-0.39, 0.29) is 0 Å². The zero-order valence-electron chi connectivity index (χ0n) is 21.0. The van der Waals surface area contributed by atoms with Crippen LogP contribution in [0.4, 0.5) is 0 Å². The molecule has 184 valence electrons. The summed E-state index contributed by atoms with van der Waals surface area (Å²) in [6, 6.07) is 46.9. The van der Waals surface area contributed by atoms with Crippen LogP contribution in [0, 0.1) is 0 Å². The van der Waals surface area contributed by atoms with Gasteiger partial charge in [0.15, 0.2) is 11.4 Å². The van der Waals surface area contributed by atoms with E-state index in [0.29, 0.717) is 11.7 Å². The van der Waals surface area contributed by atoms with Crippen LogP contribution in [0.15, 0.2) is 144 Å². The molecule has 4 heteroatoms. The van der Waals surface area contributed by atoms with Gasteiger partial charge in [0.05, 0.1) is 11.4 Å². The maximum atomic E-state index is 6.02. The van der Waals surface area contributed by atoms with E-state index in [4.69, 9.17) is 19.4 Å². The molecule has 0 fully saturated rings. The van der Waals surface area contributed by atoms with E-state index in [2.05, 4.69) is 60.7 Å². The standard InChI is InChI=1S/C35H23N3O/c1-4-11-24(12-5-1)30-23-31(25-13-6-2-7-14-25)37-34(36-30)29-18-10-17-27(21-29)28-19-20-33-32(22-28)38-35(39-33)26-15-8-3-9-16-26/h1-23H. The summed E-state index contributed by atoms with van der Waals surface area (Å²) in [4.78, 5) is 14.7. The molecule has 0 N–H and O–H groups in total. The number of rotatable bonds is 5. The molecule has 0 atom stereocenters. The summed E-state index contributed by atoms with van der Waals surface area (Å²) in [6.07, 6.45) is 0. The van der Waals surface area contributed by atoms with Gasteiger partial charge in [-0.25, -0.2) is 15.0 Å². The van der Waals surface area contributed by atoms with E-state index in [1.807, 2.05) is 78.9 Å². The van der Waals surface area contributed by atoms with Gasteiger partial charge in [0.1, 0.15) is 5.52 Å². The van der Waals surface area contributed by atoms with Gasteiger partial charge in [-0.05, 0) is 47.5 Å². The number of nitrogens with zero attached hydrogens (tertiary/aromatic N) is 3. The molecule has 2 aromatic heterocycles. The van der Waals surface area contributed by atoms with Crippen LogP contribution in [0.1, 0.15) is 0 Å². The molecule has 5 aromatic carbocycles. The van der Waals surface area contributed by atoms with Crippen molar-refractivity contribution in [1.82, 2.24) is 15.0 Å². The van der Waals surface area contributed by atoms with Gasteiger partial charge in [-0.2, -0.15) is 0 Å². The molecule has 7 rings (SSSR count). The van der Waals surface area contributed by atoms with Crippen molar-refractivity contribution in [2.45, 2.75) is 0 Å². The van der Waals surface area contributed by atoms with Gasteiger partial charge in [-0.15, -0.1) is 0 Å².